The fraction of sp³-hybridized carbons (Fsp3) is 0.267. The molecule has 24 heavy (non-hydrogen) atoms. The van der Waals surface area contributed by atoms with Gasteiger partial charge in [-0.25, -0.2) is 4.79 Å². The second kappa shape index (κ2) is 6.29. The molecule has 2 aromatic heterocycles. The molecule has 0 aromatic carbocycles. The van der Waals surface area contributed by atoms with Gasteiger partial charge in [-0.15, -0.1) is 11.3 Å². The van der Waals surface area contributed by atoms with Gasteiger partial charge < -0.3 is 15.1 Å². The molecule has 126 valence electrons. The van der Waals surface area contributed by atoms with E-state index in [1.165, 1.54) is 24.5 Å². The highest BCUT2D eigenvalue weighted by Crippen LogP contribution is 2.28. The number of nitrogens with one attached hydrogen (secondary N) is 2. The minimum absolute atomic E-state index is 0.287. The average molecular weight is 368 g/mol. The maximum Gasteiger partial charge on any atom is 0.325 e. The lowest BCUT2D eigenvalue weighted by molar-refractivity contribution is -0.135. The molecule has 1 fully saturated rings. The Labute approximate surface area is 146 Å². The van der Waals surface area contributed by atoms with Gasteiger partial charge in [0, 0.05) is 4.88 Å². The topological polar surface area (TPSA) is 91.7 Å². The van der Waals surface area contributed by atoms with Gasteiger partial charge in [-0.3, -0.25) is 14.5 Å². The first-order valence-electron chi connectivity index (χ1n) is 7.09. The van der Waals surface area contributed by atoms with Crippen LogP contribution in [-0.4, -0.2) is 29.3 Å². The molecule has 2 aromatic rings. The number of rotatable bonds is 5. The Morgan fingerprint density at radius 2 is 2.21 bits per heavy atom. The van der Waals surface area contributed by atoms with Crippen LogP contribution in [0.1, 0.15) is 17.6 Å². The van der Waals surface area contributed by atoms with Crippen LogP contribution < -0.4 is 10.6 Å². The highest BCUT2D eigenvalue weighted by atomic mass is 35.5. The summed E-state index contributed by atoms with van der Waals surface area (Å²) in [4.78, 5) is 38.4. The van der Waals surface area contributed by atoms with Gasteiger partial charge in [-0.2, -0.15) is 0 Å². The molecule has 1 saturated heterocycles. The van der Waals surface area contributed by atoms with E-state index in [0.29, 0.717) is 10.1 Å². The van der Waals surface area contributed by atoms with Gasteiger partial charge in [0.1, 0.15) is 12.3 Å². The van der Waals surface area contributed by atoms with Crippen LogP contribution >= 0.6 is 22.9 Å². The van der Waals surface area contributed by atoms with Crippen LogP contribution in [0, 0.1) is 0 Å². The van der Waals surface area contributed by atoms with E-state index in [2.05, 4.69) is 10.6 Å². The molecule has 1 atom stereocenters. The molecule has 0 saturated carbocycles. The molecule has 3 heterocycles. The van der Waals surface area contributed by atoms with Crippen LogP contribution in [0.4, 0.5) is 4.79 Å². The number of thiophene rings is 1. The number of amides is 4. The Hall–Kier alpha value is -2.32. The van der Waals surface area contributed by atoms with E-state index in [1.54, 1.807) is 24.3 Å². The average Bonchev–Trinajstić information content (AvgIpc) is 3.24. The molecular formula is C15H14ClN3O4S. The number of carbonyl (C=O) groups is 3. The molecule has 1 unspecified atom stereocenters. The van der Waals surface area contributed by atoms with Crippen LogP contribution in [-0.2, 0) is 21.7 Å². The maximum atomic E-state index is 12.5. The summed E-state index contributed by atoms with van der Waals surface area (Å²) in [6, 6.07) is 6.13. The number of imide groups is 1. The summed E-state index contributed by atoms with van der Waals surface area (Å²) < 4.78 is 5.85. The Kier molecular flexibility index (Phi) is 4.33. The third-order valence-electron chi connectivity index (χ3n) is 3.68. The smallest absolute Gasteiger partial charge is 0.325 e. The molecule has 0 radical (unpaired) electrons. The van der Waals surface area contributed by atoms with Crippen LogP contribution in [0.15, 0.2) is 34.9 Å². The van der Waals surface area contributed by atoms with Gasteiger partial charge >= 0.3 is 6.03 Å². The second-order valence-corrected chi connectivity index (χ2v) is 7.21. The van der Waals surface area contributed by atoms with Crippen molar-refractivity contribution in [1.82, 2.24) is 15.5 Å². The molecule has 0 bridgehead atoms. The summed E-state index contributed by atoms with van der Waals surface area (Å²) >= 11 is 7.17. The first kappa shape index (κ1) is 16.5. The largest absolute Gasteiger partial charge is 0.466 e. The Balaban J connectivity index is 1.63. The molecule has 2 N–H and O–H groups in total. The highest BCUT2D eigenvalue weighted by molar-refractivity contribution is 7.16. The molecule has 7 nitrogen and oxygen atoms in total. The van der Waals surface area contributed by atoms with E-state index < -0.39 is 23.4 Å². The number of urea groups is 1. The van der Waals surface area contributed by atoms with Crippen molar-refractivity contribution < 1.29 is 18.8 Å². The Morgan fingerprint density at radius 1 is 1.42 bits per heavy atom. The van der Waals surface area contributed by atoms with Crippen molar-refractivity contribution in [2.75, 3.05) is 6.54 Å². The van der Waals surface area contributed by atoms with Gasteiger partial charge in [0.2, 0.25) is 5.91 Å². The van der Waals surface area contributed by atoms with E-state index in [4.69, 9.17) is 16.0 Å². The lowest BCUT2D eigenvalue weighted by Crippen LogP contribution is -2.43. The lowest BCUT2D eigenvalue weighted by Gasteiger charge is -2.18. The fourth-order valence-corrected chi connectivity index (χ4v) is 3.43. The van der Waals surface area contributed by atoms with Gasteiger partial charge in [0.15, 0.2) is 5.54 Å². The number of nitrogens with zero attached hydrogens (tertiary/aromatic N) is 1. The Morgan fingerprint density at radius 3 is 2.83 bits per heavy atom. The predicted octanol–water partition coefficient (Wildman–Crippen LogP) is 2.08. The van der Waals surface area contributed by atoms with Crippen molar-refractivity contribution >= 4 is 40.8 Å². The SMILES string of the molecule is CC1(c2ccco2)NC(=O)N(CC(=O)NCc2ccc(Cl)s2)C1=O. The summed E-state index contributed by atoms with van der Waals surface area (Å²) in [6.45, 7) is 1.47. The predicted molar refractivity (Wildman–Crippen MR) is 87.5 cm³/mol. The second-order valence-electron chi connectivity index (χ2n) is 5.41. The van der Waals surface area contributed by atoms with Gasteiger partial charge in [0.05, 0.1) is 17.1 Å². The zero-order valence-corrected chi connectivity index (χ0v) is 14.2. The highest BCUT2D eigenvalue weighted by Gasteiger charge is 2.51. The normalized spacial score (nSPS) is 20.3. The zero-order valence-electron chi connectivity index (χ0n) is 12.7. The van der Waals surface area contributed by atoms with Crippen LogP contribution in [0.25, 0.3) is 0 Å². The molecular weight excluding hydrogens is 354 g/mol. The molecule has 1 aliphatic rings. The van der Waals surface area contributed by atoms with Gasteiger partial charge in [-0.05, 0) is 31.2 Å². The first-order valence-corrected chi connectivity index (χ1v) is 8.28. The summed E-state index contributed by atoms with van der Waals surface area (Å²) in [5.74, 6) is -0.652. The number of furan rings is 1. The molecule has 0 aliphatic carbocycles. The van der Waals surface area contributed by atoms with E-state index in [9.17, 15) is 14.4 Å². The first-order chi connectivity index (χ1) is 11.4. The fourth-order valence-electron chi connectivity index (χ4n) is 2.40. The van der Waals surface area contributed by atoms with Crippen molar-refractivity contribution in [3.05, 3.63) is 45.5 Å². The molecule has 4 amide bonds. The standard InChI is InChI=1S/C15H14ClN3O4S/c1-15(10-3-2-6-23-10)13(21)19(14(22)18-15)8-12(20)17-7-9-4-5-11(16)24-9/h2-6H,7-8H2,1H3,(H,17,20)(H,18,22). The van der Waals surface area contributed by atoms with E-state index in [0.717, 1.165) is 9.78 Å². The number of hydrogen-bond acceptors (Lipinski definition) is 5. The summed E-state index contributed by atoms with van der Waals surface area (Å²) in [5.41, 5.74) is -1.30. The van der Waals surface area contributed by atoms with Crippen molar-refractivity contribution in [1.29, 1.82) is 0 Å². The van der Waals surface area contributed by atoms with Crippen LogP contribution in [0.2, 0.25) is 4.34 Å². The third kappa shape index (κ3) is 3.02. The lowest BCUT2D eigenvalue weighted by atomic mass is 9.99. The third-order valence-corrected chi connectivity index (χ3v) is 4.91. The Bertz CT molecular complexity index is 789. The zero-order chi connectivity index (χ0) is 17.3. The summed E-state index contributed by atoms with van der Waals surface area (Å²) in [7, 11) is 0. The quantitative estimate of drug-likeness (QED) is 0.791. The van der Waals surface area contributed by atoms with Crippen molar-refractivity contribution in [3.8, 4) is 0 Å². The van der Waals surface area contributed by atoms with Crippen LogP contribution in [0.3, 0.4) is 0 Å². The number of halogens is 1. The van der Waals surface area contributed by atoms with Crippen molar-refractivity contribution in [3.63, 3.8) is 0 Å². The van der Waals surface area contributed by atoms with E-state index in [-0.39, 0.29) is 13.1 Å². The molecule has 3 rings (SSSR count). The molecule has 0 spiro atoms. The molecule has 9 heteroatoms. The monoisotopic (exact) mass is 367 g/mol. The van der Waals surface area contributed by atoms with Crippen LogP contribution in [0.5, 0.6) is 0 Å². The summed E-state index contributed by atoms with van der Waals surface area (Å²) in [6.07, 6.45) is 1.42. The van der Waals surface area contributed by atoms with Crippen molar-refractivity contribution in [2.24, 2.45) is 0 Å². The van der Waals surface area contributed by atoms with Gasteiger partial charge in [0.25, 0.3) is 5.91 Å². The molecule has 1 aliphatic heterocycles. The maximum absolute atomic E-state index is 12.5. The van der Waals surface area contributed by atoms with E-state index >= 15 is 0 Å². The number of hydrogen-bond donors (Lipinski definition) is 2. The summed E-state index contributed by atoms with van der Waals surface area (Å²) in [5, 5.41) is 5.22. The minimum atomic E-state index is -1.30. The van der Waals surface area contributed by atoms with Gasteiger partial charge in [-0.1, -0.05) is 11.6 Å². The van der Waals surface area contributed by atoms with E-state index in [1.807, 2.05) is 0 Å². The number of carbonyl (C=O) groups excluding carboxylic acids is 3. The van der Waals surface area contributed by atoms with Crippen molar-refractivity contribution in [2.45, 2.75) is 19.0 Å². The minimum Gasteiger partial charge on any atom is -0.466 e.